The van der Waals surface area contributed by atoms with Crippen molar-refractivity contribution in [1.82, 2.24) is 0 Å². The Morgan fingerprint density at radius 1 is 1.33 bits per heavy atom. The molecule has 0 fully saturated rings. The number of nitriles is 1. The molecule has 0 N–H and O–H groups in total. The average molecular weight is 177 g/mol. The van der Waals surface area contributed by atoms with E-state index in [2.05, 4.69) is 0 Å². The van der Waals surface area contributed by atoms with Gasteiger partial charge in [-0.05, 0) is 23.6 Å². The third-order valence-corrected chi connectivity index (χ3v) is 2.63. The Morgan fingerprint density at radius 3 is 2.92 bits per heavy atom. The summed E-state index contributed by atoms with van der Waals surface area (Å²) in [5, 5.41) is 11.0. The molecule has 0 unspecified atom stereocenters. The van der Waals surface area contributed by atoms with E-state index in [0.717, 1.165) is 4.70 Å². The van der Waals surface area contributed by atoms with E-state index < -0.39 is 0 Å². The number of fused-ring (bicyclic) bond motifs is 1. The van der Waals surface area contributed by atoms with Crippen molar-refractivity contribution in [1.29, 1.82) is 5.26 Å². The van der Waals surface area contributed by atoms with E-state index in [0.29, 0.717) is 10.9 Å². The molecule has 2 rings (SSSR count). The van der Waals surface area contributed by atoms with Gasteiger partial charge in [0.05, 0.1) is 10.3 Å². The Labute approximate surface area is 72.7 Å². The molecule has 0 radical (unpaired) electrons. The van der Waals surface area contributed by atoms with Crippen LogP contribution in [0.25, 0.3) is 10.1 Å². The third kappa shape index (κ3) is 0.892. The molecule has 0 aliphatic rings. The van der Waals surface area contributed by atoms with E-state index in [-0.39, 0.29) is 5.82 Å². The zero-order chi connectivity index (χ0) is 8.55. The summed E-state index contributed by atoms with van der Waals surface area (Å²) in [7, 11) is 0. The van der Waals surface area contributed by atoms with Crippen molar-refractivity contribution in [2.75, 3.05) is 0 Å². The van der Waals surface area contributed by atoms with Crippen LogP contribution < -0.4 is 0 Å². The zero-order valence-electron chi connectivity index (χ0n) is 6.04. The molecule has 0 saturated heterocycles. The molecule has 1 heterocycles. The van der Waals surface area contributed by atoms with Crippen molar-refractivity contribution in [2.24, 2.45) is 0 Å². The van der Waals surface area contributed by atoms with Gasteiger partial charge < -0.3 is 0 Å². The first-order valence-corrected chi connectivity index (χ1v) is 4.26. The molecule has 0 atom stereocenters. The molecule has 1 aromatic carbocycles. The van der Waals surface area contributed by atoms with Crippen molar-refractivity contribution < 1.29 is 4.39 Å². The lowest BCUT2D eigenvalue weighted by Crippen LogP contribution is -1.78. The van der Waals surface area contributed by atoms with Crippen LogP contribution in [-0.2, 0) is 0 Å². The number of nitrogens with zero attached hydrogens (tertiary/aromatic N) is 1. The highest BCUT2D eigenvalue weighted by atomic mass is 32.1. The lowest BCUT2D eigenvalue weighted by molar-refractivity contribution is 0.640. The smallest absolute Gasteiger partial charge is 0.131 e. The second kappa shape index (κ2) is 2.58. The van der Waals surface area contributed by atoms with E-state index >= 15 is 0 Å². The van der Waals surface area contributed by atoms with Gasteiger partial charge in [0.25, 0.3) is 0 Å². The van der Waals surface area contributed by atoms with Gasteiger partial charge in [-0.25, -0.2) is 4.39 Å². The summed E-state index contributed by atoms with van der Waals surface area (Å²) in [5.41, 5.74) is 0.543. The zero-order valence-corrected chi connectivity index (χ0v) is 6.86. The van der Waals surface area contributed by atoms with Gasteiger partial charge in [-0.15, -0.1) is 11.3 Å². The normalized spacial score (nSPS) is 10.0. The average Bonchev–Trinajstić information content (AvgIpc) is 2.54. The summed E-state index contributed by atoms with van der Waals surface area (Å²) < 4.78 is 13.8. The van der Waals surface area contributed by atoms with Crippen molar-refractivity contribution in [3.63, 3.8) is 0 Å². The van der Waals surface area contributed by atoms with Crippen LogP contribution in [0.3, 0.4) is 0 Å². The van der Waals surface area contributed by atoms with E-state index in [1.807, 2.05) is 6.07 Å². The van der Waals surface area contributed by atoms with Gasteiger partial charge in [0.15, 0.2) is 0 Å². The summed E-state index contributed by atoms with van der Waals surface area (Å²) in [4.78, 5) is 0. The summed E-state index contributed by atoms with van der Waals surface area (Å²) in [5.74, 6) is -0.259. The number of halogens is 1. The molecule has 3 heteroatoms. The molecular formula is C9H4FNS. The molecule has 1 aromatic heterocycles. The van der Waals surface area contributed by atoms with Gasteiger partial charge in [0.2, 0.25) is 0 Å². The standard InChI is InChI=1S/C9H4FNS/c10-8-2-1-6(5-11)9-7(8)3-4-12-9/h1-4H. The molecule has 0 spiro atoms. The van der Waals surface area contributed by atoms with Crippen LogP contribution in [0, 0.1) is 17.1 Å². The van der Waals surface area contributed by atoms with Crippen LogP contribution in [0.2, 0.25) is 0 Å². The first-order chi connectivity index (χ1) is 5.83. The molecule has 1 nitrogen and oxygen atoms in total. The molecule has 12 heavy (non-hydrogen) atoms. The van der Waals surface area contributed by atoms with Gasteiger partial charge in [0, 0.05) is 5.39 Å². The fourth-order valence-electron chi connectivity index (χ4n) is 1.12. The molecule has 0 bridgehead atoms. The van der Waals surface area contributed by atoms with Crippen LogP contribution in [-0.4, -0.2) is 0 Å². The number of benzene rings is 1. The van der Waals surface area contributed by atoms with E-state index in [1.54, 1.807) is 11.4 Å². The monoisotopic (exact) mass is 177 g/mol. The number of hydrogen-bond donors (Lipinski definition) is 0. The predicted octanol–water partition coefficient (Wildman–Crippen LogP) is 2.91. The van der Waals surface area contributed by atoms with Crippen LogP contribution in [0.15, 0.2) is 23.6 Å². The van der Waals surface area contributed by atoms with E-state index in [1.165, 1.54) is 23.5 Å². The van der Waals surface area contributed by atoms with Crippen molar-refractivity contribution in [3.05, 3.63) is 35.0 Å². The van der Waals surface area contributed by atoms with E-state index in [4.69, 9.17) is 5.26 Å². The molecular weight excluding hydrogens is 173 g/mol. The Balaban J connectivity index is 2.94. The number of rotatable bonds is 0. The summed E-state index contributed by atoms with van der Waals surface area (Å²) in [6.45, 7) is 0. The number of thiophene rings is 1. The van der Waals surface area contributed by atoms with Gasteiger partial charge in [-0.1, -0.05) is 0 Å². The van der Waals surface area contributed by atoms with Crippen molar-refractivity contribution in [3.8, 4) is 6.07 Å². The Morgan fingerprint density at radius 2 is 2.17 bits per heavy atom. The minimum atomic E-state index is -0.259. The third-order valence-electron chi connectivity index (χ3n) is 1.68. The second-order valence-electron chi connectivity index (χ2n) is 2.37. The molecule has 0 aliphatic heterocycles. The summed E-state index contributed by atoms with van der Waals surface area (Å²) >= 11 is 1.39. The molecule has 58 valence electrons. The molecule has 0 saturated carbocycles. The Kier molecular flexibility index (Phi) is 1.56. The Bertz CT molecular complexity index is 467. The maximum atomic E-state index is 13.0. The predicted molar refractivity (Wildman–Crippen MR) is 46.5 cm³/mol. The first kappa shape index (κ1) is 7.26. The van der Waals surface area contributed by atoms with E-state index in [9.17, 15) is 4.39 Å². The van der Waals surface area contributed by atoms with Crippen LogP contribution in [0.1, 0.15) is 5.56 Å². The fourth-order valence-corrected chi connectivity index (χ4v) is 1.99. The topological polar surface area (TPSA) is 23.8 Å². The highest BCUT2D eigenvalue weighted by Gasteiger charge is 2.05. The van der Waals surface area contributed by atoms with Crippen LogP contribution in [0.4, 0.5) is 4.39 Å². The lowest BCUT2D eigenvalue weighted by Gasteiger charge is -1.93. The number of hydrogen-bond acceptors (Lipinski definition) is 2. The summed E-state index contributed by atoms with van der Waals surface area (Å²) in [6, 6.07) is 6.55. The van der Waals surface area contributed by atoms with Crippen LogP contribution >= 0.6 is 11.3 Å². The highest BCUT2D eigenvalue weighted by molar-refractivity contribution is 7.17. The summed E-state index contributed by atoms with van der Waals surface area (Å²) in [6.07, 6.45) is 0. The quantitative estimate of drug-likeness (QED) is 0.607. The Hall–Kier alpha value is -1.40. The second-order valence-corrected chi connectivity index (χ2v) is 3.29. The largest absolute Gasteiger partial charge is 0.206 e. The minimum absolute atomic E-state index is 0.259. The molecule has 0 amide bonds. The SMILES string of the molecule is N#Cc1ccc(F)c2ccsc12. The van der Waals surface area contributed by atoms with Gasteiger partial charge >= 0.3 is 0 Å². The van der Waals surface area contributed by atoms with Gasteiger partial charge in [-0.2, -0.15) is 5.26 Å². The fraction of sp³-hybridized carbons (Fsp3) is 0. The minimum Gasteiger partial charge on any atom is -0.206 e. The highest BCUT2D eigenvalue weighted by Crippen LogP contribution is 2.26. The maximum absolute atomic E-state index is 13.0. The first-order valence-electron chi connectivity index (χ1n) is 3.39. The van der Waals surface area contributed by atoms with Crippen LogP contribution in [0.5, 0.6) is 0 Å². The maximum Gasteiger partial charge on any atom is 0.131 e. The van der Waals surface area contributed by atoms with Gasteiger partial charge in [-0.3, -0.25) is 0 Å². The van der Waals surface area contributed by atoms with Gasteiger partial charge in [0.1, 0.15) is 11.9 Å². The van der Waals surface area contributed by atoms with Crippen molar-refractivity contribution >= 4 is 21.4 Å². The van der Waals surface area contributed by atoms with Crippen molar-refractivity contribution in [2.45, 2.75) is 0 Å². The molecule has 0 aliphatic carbocycles. The lowest BCUT2D eigenvalue weighted by atomic mass is 10.2. The molecule has 2 aromatic rings.